The molecular weight excluding hydrogens is 364 g/mol. The van der Waals surface area contributed by atoms with Gasteiger partial charge in [0.25, 0.3) is 0 Å². The van der Waals surface area contributed by atoms with Gasteiger partial charge in [0.2, 0.25) is 0 Å². The van der Waals surface area contributed by atoms with Crippen LogP contribution in [0.5, 0.6) is 0 Å². The lowest BCUT2D eigenvalue weighted by molar-refractivity contribution is -0.213. The summed E-state index contributed by atoms with van der Waals surface area (Å²) in [4.78, 5) is 12.3. The molecule has 0 radical (unpaired) electrons. The molecule has 0 amide bonds. The van der Waals surface area contributed by atoms with Crippen LogP contribution in [0.15, 0.2) is 91.0 Å². The monoisotopic (exact) mass is 388 g/mol. The maximum atomic E-state index is 12.3. The molecule has 1 saturated heterocycles. The average molecular weight is 388 g/mol. The van der Waals surface area contributed by atoms with Crippen molar-refractivity contribution >= 4 is 5.78 Å². The zero-order chi connectivity index (χ0) is 20.1. The molecule has 0 bridgehead atoms. The maximum absolute atomic E-state index is 12.3. The SMILES string of the molecule is C[C@@H]1OCC(=O)[C@H](COC(c2ccccc2)(c2ccccc2)c2ccccc2)O1. The highest BCUT2D eigenvalue weighted by Crippen LogP contribution is 2.40. The second-order valence-electron chi connectivity index (χ2n) is 7.06. The van der Waals surface area contributed by atoms with Crippen LogP contribution in [0.25, 0.3) is 0 Å². The van der Waals surface area contributed by atoms with E-state index in [1.165, 1.54) is 0 Å². The zero-order valence-corrected chi connectivity index (χ0v) is 16.4. The Balaban J connectivity index is 1.80. The summed E-state index contributed by atoms with van der Waals surface area (Å²) in [5.41, 5.74) is 2.11. The summed E-state index contributed by atoms with van der Waals surface area (Å²) in [6.07, 6.45) is -1.09. The number of Topliss-reactive ketones (excluding diaryl/α,β-unsaturated/α-hetero) is 1. The highest BCUT2D eigenvalue weighted by molar-refractivity contribution is 5.84. The summed E-state index contributed by atoms with van der Waals surface area (Å²) >= 11 is 0. The first-order valence-corrected chi connectivity index (χ1v) is 9.80. The standard InChI is InChI=1S/C25H24O4/c1-19-27-17-23(26)24(29-19)18-28-25(20-11-5-2-6-12-20,21-13-7-3-8-14-21)22-15-9-4-10-16-22/h2-16,19,24H,17-18H2,1H3/t19-,24+/m1/s1. The molecule has 1 heterocycles. The second kappa shape index (κ2) is 8.70. The smallest absolute Gasteiger partial charge is 0.189 e. The molecule has 0 N–H and O–H groups in total. The Kier molecular flexibility index (Phi) is 5.86. The Morgan fingerprint density at radius 2 is 1.28 bits per heavy atom. The number of ketones is 1. The Morgan fingerprint density at radius 3 is 1.72 bits per heavy atom. The van der Waals surface area contributed by atoms with Crippen LogP contribution in [0, 0.1) is 0 Å². The molecule has 0 aliphatic carbocycles. The fourth-order valence-electron chi connectivity index (χ4n) is 3.74. The number of hydrogen-bond acceptors (Lipinski definition) is 4. The maximum Gasteiger partial charge on any atom is 0.189 e. The summed E-state index contributed by atoms with van der Waals surface area (Å²) in [7, 11) is 0. The van der Waals surface area contributed by atoms with Crippen LogP contribution >= 0.6 is 0 Å². The number of benzene rings is 3. The van der Waals surface area contributed by atoms with Crippen LogP contribution in [-0.4, -0.2) is 31.4 Å². The van der Waals surface area contributed by atoms with Gasteiger partial charge in [0.15, 0.2) is 12.1 Å². The van der Waals surface area contributed by atoms with Gasteiger partial charge >= 0.3 is 0 Å². The van der Waals surface area contributed by atoms with Crippen molar-refractivity contribution in [3.8, 4) is 0 Å². The van der Waals surface area contributed by atoms with E-state index in [4.69, 9.17) is 14.2 Å². The van der Waals surface area contributed by atoms with Crippen LogP contribution in [0.1, 0.15) is 23.6 Å². The third-order valence-electron chi connectivity index (χ3n) is 5.17. The molecule has 148 valence electrons. The van der Waals surface area contributed by atoms with Crippen molar-refractivity contribution in [3.63, 3.8) is 0 Å². The van der Waals surface area contributed by atoms with Crippen molar-refractivity contribution in [3.05, 3.63) is 108 Å². The van der Waals surface area contributed by atoms with Crippen LogP contribution in [-0.2, 0) is 24.6 Å². The Bertz CT molecular complexity index is 828. The van der Waals surface area contributed by atoms with Crippen LogP contribution < -0.4 is 0 Å². The molecule has 29 heavy (non-hydrogen) atoms. The first-order valence-electron chi connectivity index (χ1n) is 9.80. The summed E-state index contributed by atoms with van der Waals surface area (Å²) in [6, 6.07) is 30.2. The van der Waals surface area contributed by atoms with Gasteiger partial charge in [-0.15, -0.1) is 0 Å². The normalized spacial score (nSPS) is 19.8. The fraction of sp³-hybridized carbons (Fsp3) is 0.240. The van der Waals surface area contributed by atoms with Crippen molar-refractivity contribution in [2.24, 2.45) is 0 Å². The van der Waals surface area contributed by atoms with Crippen LogP contribution in [0.2, 0.25) is 0 Å². The average Bonchev–Trinajstić information content (AvgIpc) is 2.79. The lowest BCUT2D eigenvalue weighted by atomic mass is 9.80. The minimum atomic E-state index is -0.866. The topological polar surface area (TPSA) is 44.8 Å². The van der Waals surface area contributed by atoms with Crippen molar-refractivity contribution < 1.29 is 19.0 Å². The number of hydrogen-bond donors (Lipinski definition) is 0. The van der Waals surface area contributed by atoms with E-state index in [9.17, 15) is 4.79 Å². The van der Waals surface area contributed by atoms with E-state index in [1.807, 2.05) is 54.6 Å². The van der Waals surface area contributed by atoms with Crippen molar-refractivity contribution in [1.29, 1.82) is 0 Å². The molecule has 1 aliphatic heterocycles. The lowest BCUT2D eigenvalue weighted by Gasteiger charge is -2.37. The Labute approximate surface area is 171 Å². The largest absolute Gasteiger partial charge is 0.358 e. The van der Waals surface area contributed by atoms with Crippen molar-refractivity contribution in [2.45, 2.75) is 24.9 Å². The molecule has 4 nitrogen and oxygen atoms in total. The van der Waals surface area contributed by atoms with Crippen molar-refractivity contribution in [2.75, 3.05) is 13.2 Å². The molecule has 3 aromatic rings. The van der Waals surface area contributed by atoms with E-state index in [0.29, 0.717) is 0 Å². The molecule has 3 aromatic carbocycles. The summed E-state index contributed by atoms with van der Waals surface area (Å²) in [5.74, 6) is -0.105. The van der Waals surface area contributed by atoms with Crippen LogP contribution in [0.3, 0.4) is 0 Å². The number of carbonyl (C=O) groups excluding carboxylic acids is 1. The zero-order valence-electron chi connectivity index (χ0n) is 16.4. The summed E-state index contributed by atoms with van der Waals surface area (Å²) < 4.78 is 17.6. The van der Waals surface area contributed by atoms with Gasteiger partial charge in [-0.1, -0.05) is 91.0 Å². The number of rotatable bonds is 6. The summed E-state index contributed by atoms with van der Waals surface area (Å²) in [6.45, 7) is 1.97. The quantitative estimate of drug-likeness (QED) is 0.590. The highest BCUT2D eigenvalue weighted by atomic mass is 16.7. The number of ether oxygens (including phenoxy) is 3. The van der Waals surface area contributed by atoms with E-state index in [0.717, 1.165) is 16.7 Å². The molecular formula is C25H24O4. The van der Waals surface area contributed by atoms with Gasteiger partial charge in [-0.25, -0.2) is 0 Å². The third-order valence-corrected chi connectivity index (χ3v) is 5.17. The first kappa shape index (κ1) is 19.5. The molecule has 0 spiro atoms. The molecule has 1 aliphatic rings. The van der Waals surface area contributed by atoms with Gasteiger partial charge in [0.1, 0.15) is 18.3 Å². The first-order chi connectivity index (χ1) is 14.2. The van der Waals surface area contributed by atoms with Crippen LogP contribution in [0.4, 0.5) is 0 Å². The molecule has 2 atom stereocenters. The van der Waals surface area contributed by atoms with E-state index in [2.05, 4.69) is 36.4 Å². The van der Waals surface area contributed by atoms with E-state index in [-0.39, 0.29) is 19.0 Å². The molecule has 0 saturated carbocycles. The third kappa shape index (κ3) is 4.01. The fourth-order valence-corrected chi connectivity index (χ4v) is 3.74. The van der Waals surface area contributed by atoms with Gasteiger partial charge in [0.05, 0.1) is 6.61 Å². The highest BCUT2D eigenvalue weighted by Gasteiger charge is 2.39. The molecule has 4 rings (SSSR count). The van der Waals surface area contributed by atoms with Gasteiger partial charge < -0.3 is 14.2 Å². The predicted octanol–water partition coefficient (Wildman–Crippen LogP) is 4.33. The summed E-state index contributed by atoms with van der Waals surface area (Å²) in [5, 5.41) is 0. The minimum absolute atomic E-state index is 0.0458. The van der Waals surface area contributed by atoms with Gasteiger partial charge in [-0.05, 0) is 23.6 Å². The van der Waals surface area contributed by atoms with Crippen molar-refractivity contribution in [1.82, 2.24) is 0 Å². The Hall–Kier alpha value is -2.79. The van der Waals surface area contributed by atoms with E-state index < -0.39 is 18.0 Å². The molecule has 0 unspecified atom stereocenters. The van der Waals surface area contributed by atoms with Gasteiger partial charge in [0, 0.05) is 0 Å². The molecule has 1 fully saturated rings. The number of carbonyl (C=O) groups is 1. The lowest BCUT2D eigenvalue weighted by Crippen LogP contribution is -2.44. The van der Waals surface area contributed by atoms with Gasteiger partial charge in [-0.2, -0.15) is 0 Å². The van der Waals surface area contributed by atoms with E-state index in [1.54, 1.807) is 6.92 Å². The Morgan fingerprint density at radius 1 is 0.828 bits per heavy atom. The predicted molar refractivity (Wildman–Crippen MR) is 110 cm³/mol. The van der Waals surface area contributed by atoms with Gasteiger partial charge in [-0.3, -0.25) is 4.79 Å². The molecule has 0 aromatic heterocycles. The van der Waals surface area contributed by atoms with E-state index >= 15 is 0 Å². The second-order valence-corrected chi connectivity index (χ2v) is 7.06. The minimum Gasteiger partial charge on any atom is -0.358 e. The molecule has 4 heteroatoms.